The van der Waals surface area contributed by atoms with Gasteiger partial charge in [0.25, 0.3) is 5.91 Å². The number of nitrogens with zero attached hydrogens (tertiary/aromatic N) is 1. The van der Waals surface area contributed by atoms with E-state index in [1.165, 1.54) is 40.7 Å². The first-order chi connectivity index (χ1) is 13.3. The summed E-state index contributed by atoms with van der Waals surface area (Å²) in [5.41, 5.74) is 1.38. The summed E-state index contributed by atoms with van der Waals surface area (Å²) in [6.45, 7) is 2.93. The molecule has 0 atom stereocenters. The SMILES string of the molecule is Cc1ccc(S(=O)(=O)N2CCOCC2)cc1C(=O)Nc1ccc(C(=O)O)cc1. The molecule has 1 fully saturated rings. The molecule has 1 saturated heterocycles. The Morgan fingerprint density at radius 1 is 1.07 bits per heavy atom. The lowest BCUT2D eigenvalue weighted by molar-refractivity contribution is 0.0696. The van der Waals surface area contributed by atoms with Gasteiger partial charge in [-0.1, -0.05) is 6.07 Å². The highest BCUT2D eigenvalue weighted by Crippen LogP contribution is 2.21. The van der Waals surface area contributed by atoms with Crippen LogP contribution in [0.3, 0.4) is 0 Å². The van der Waals surface area contributed by atoms with Gasteiger partial charge in [0.05, 0.1) is 23.7 Å². The van der Waals surface area contributed by atoms with Gasteiger partial charge in [-0.05, 0) is 48.9 Å². The molecule has 1 heterocycles. The fourth-order valence-electron chi connectivity index (χ4n) is 2.84. The number of hydrogen-bond donors (Lipinski definition) is 2. The summed E-state index contributed by atoms with van der Waals surface area (Å²) in [4.78, 5) is 23.6. The number of carbonyl (C=O) groups is 2. The fraction of sp³-hybridized carbons (Fsp3) is 0.263. The van der Waals surface area contributed by atoms with Crippen LogP contribution in [0, 0.1) is 6.92 Å². The van der Waals surface area contributed by atoms with Crippen LogP contribution in [0.2, 0.25) is 0 Å². The lowest BCUT2D eigenvalue weighted by atomic mass is 10.1. The number of morpholine rings is 1. The molecule has 2 N–H and O–H groups in total. The van der Waals surface area contributed by atoms with Crippen LogP contribution in [0.5, 0.6) is 0 Å². The average molecular weight is 404 g/mol. The van der Waals surface area contributed by atoms with Crippen molar-refractivity contribution in [1.82, 2.24) is 4.31 Å². The molecule has 0 saturated carbocycles. The minimum atomic E-state index is -3.71. The second-order valence-electron chi connectivity index (χ2n) is 6.33. The van der Waals surface area contributed by atoms with Crippen molar-refractivity contribution >= 4 is 27.6 Å². The maximum absolute atomic E-state index is 12.8. The molecule has 0 aliphatic carbocycles. The molecular weight excluding hydrogens is 384 g/mol. The molecule has 9 heteroatoms. The van der Waals surface area contributed by atoms with E-state index < -0.39 is 21.9 Å². The van der Waals surface area contributed by atoms with Crippen molar-refractivity contribution in [2.24, 2.45) is 0 Å². The second-order valence-corrected chi connectivity index (χ2v) is 8.27. The van der Waals surface area contributed by atoms with E-state index >= 15 is 0 Å². The Balaban J connectivity index is 1.84. The molecule has 0 radical (unpaired) electrons. The lowest BCUT2D eigenvalue weighted by Crippen LogP contribution is -2.40. The molecule has 8 nitrogen and oxygen atoms in total. The van der Waals surface area contributed by atoms with Crippen molar-refractivity contribution in [1.29, 1.82) is 0 Å². The number of amides is 1. The van der Waals surface area contributed by atoms with Gasteiger partial charge in [0.2, 0.25) is 10.0 Å². The highest BCUT2D eigenvalue weighted by atomic mass is 32.2. The van der Waals surface area contributed by atoms with E-state index in [1.54, 1.807) is 13.0 Å². The zero-order chi connectivity index (χ0) is 20.3. The number of hydrogen-bond acceptors (Lipinski definition) is 5. The Hall–Kier alpha value is -2.75. The maximum atomic E-state index is 12.8. The van der Waals surface area contributed by atoms with Crippen LogP contribution in [0.15, 0.2) is 47.4 Å². The molecule has 2 aromatic carbocycles. The number of nitrogens with one attached hydrogen (secondary N) is 1. The van der Waals surface area contributed by atoms with Crippen molar-refractivity contribution in [3.05, 3.63) is 59.2 Å². The van der Waals surface area contributed by atoms with Gasteiger partial charge >= 0.3 is 5.97 Å². The third-order valence-corrected chi connectivity index (χ3v) is 6.35. The second kappa shape index (κ2) is 8.09. The van der Waals surface area contributed by atoms with Crippen molar-refractivity contribution in [2.75, 3.05) is 31.6 Å². The quantitative estimate of drug-likeness (QED) is 0.788. The molecule has 0 aromatic heterocycles. The van der Waals surface area contributed by atoms with Gasteiger partial charge in [0, 0.05) is 24.3 Å². The molecule has 1 aliphatic heterocycles. The largest absolute Gasteiger partial charge is 0.478 e. The van der Waals surface area contributed by atoms with E-state index in [-0.39, 0.29) is 29.1 Å². The molecule has 148 valence electrons. The van der Waals surface area contributed by atoms with Crippen molar-refractivity contribution in [3.63, 3.8) is 0 Å². The van der Waals surface area contributed by atoms with Gasteiger partial charge < -0.3 is 15.2 Å². The fourth-order valence-corrected chi connectivity index (χ4v) is 4.27. The number of carbonyl (C=O) groups excluding carboxylic acids is 1. The number of ether oxygens (including phenoxy) is 1. The highest BCUT2D eigenvalue weighted by Gasteiger charge is 2.27. The van der Waals surface area contributed by atoms with E-state index in [0.717, 1.165) is 0 Å². The Labute approximate surface area is 162 Å². The number of benzene rings is 2. The number of aromatic carboxylic acids is 1. The number of sulfonamides is 1. The standard InChI is InChI=1S/C19H20N2O6S/c1-13-2-7-16(28(25,26)21-8-10-27-11-9-21)12-17(13)18(22)20-15-5-3-14(4-6-15)19(23)24/h2-7,12H,8-11H2,1H3,(H,20,22)(H,23,24). The number of carboxylic acid groups (broad SMARTS) is 1. The van der Waals surface area contributed by atoms with E-state index in [4.69, 9.17) is 9.84 Å². The Kier molecular flexibility index (Phi) is 5.78. The predicted molar refractivity (Wildman–Crippen MR) is 102 cm³/mol. The van der Waals surface area contributed by atoms with Crippen LogP contribution in [-0.2, 0) is 14.8 Å². The summed E-state index contributed by atoms with van der Waals surface area (Å²) < 4.78 is 32.2. The van der Waals surface area contributed by atoms with Crippen LogP contribution in [0.1, 0.15) is 26.3 Å². The summed E-state index contributed by atoms with van der Waals surface area (Å²) in [6, 6.07) is 10.2. The smallest absolute Gasteiger partial charge is 0.335 e. The third-order valence-electron chi connectivity index (χ3n) is 4.45. The van der Waals surface area contributed by atoms with Crippen LogP contribution in [0.4, 0.5) is 5.69 Å². The molecule has 28 heavy (non-hydrogen) atoms. The Morgan fingerprint density at radius 3 is 2.32 bits per heavy atom. The summed E-state index contributed by atoms with van der Waals surface area (Å²) in [6.07, 6.45) is 0. The highest BCUT2D eigenvalue weighted by molar-refractivity contribution is 7.89. The molecule has 2 aromatic rings. The Bertz CT molecular complexity index is 996. The van der Waals surface area contributed by atoms with E-state index in [9.17, 15) is 18.0 Å². The molecule has 1 aliphatic rings. The predicted octanol–water partition coefficient (Wildman–Crippen LogP) is 1.97. The molecular formula is C19H20N2O6S. The first kappa shape index (κ1) is 20.0. The summed E-state index contributed by atoms with van der Waals surface area (Å²) in [5, 5.41) is 11.6. The van der Waals surface area contributed by atoms with Crippen molar-refractivity contribution in [2.45, 2.75) is 11.8 Å². The van der Waals surface area contributed by atoms with Gasteiger partial charge in [0.15, 0.2) is 0 Å². The average Bonchev–Trinajstić information content (AvgIpc) is 2.69. The number of carboxylic acids is 1. The number of rotatable bonds is 5. The molecule has 0 unspecified atom stereocenters. The van der Waals surface area contributed by atoms with Crippen molar-refractivity contribution < 1.29 is 27.9 Å². The third kappa shape index (κ3) is 4.22. The summed E-state index contributed by atoms with van der Waals surface area (Å²) in [7, 11) is -3.71. The van der Waals surface area contributed by atoms with Gasteiger partial charge in [-0.2, -0.15) is 4.31 Å². The Morgan fingerprint density at radius 2 is 1.71 bits per heavy atom. The monoisotopic (exact) mass is 404 g/mol. The van der Waals surface area contributed by atoms with E-state index in [2.05, 4.69) is 5.32 Å². The van der Waals surface area contributed by atoms with E-state index in [1.807, 2.05) is 0 Å². The lowest BCUT2D eigenvalue weighted by Gasteiger charge is -2.26. The molecule has 0 bridgehead atoms. The van der Waals surface area contributed by atoms with Gasteiger partial charge in [0.1, 0.15) is 0 Å². The van der Waals surface area contributed by atoms with Gasteiger partial charge in [-0.15, -0.1) is 0 Å². The number of aryl methyl sites for hydroxylation is 1. The summed E-state index contributed by atoms with van der Waals surface area (Å²) >= 11 is 0. The zero-order valence-corrected chi connectivity index (χ0v) is 16.0. The van der Waals surface area contributed by atoms with Crippen LogP contribution in [-0.4, -0.2) is 56.0 Å². The first-order valence-electron chi connectivity index (χ1n) is 8.62. The van der Waals surface area contributed by atoms with Crippen molar-refractivity contribution in [3.8, 4) is 0 Å². The van der Waals surface area contributed by atoms with Gasteiger partial charge in [-0.25, -0.2) is 13.2 Å². The zero-order valence-electron chi connectivity index (χ0n) is 15.2. The van der Waals surface area contributed by atoms with Crippen LogP contribution < -0.4 is 5.32 Å². The van der Waals surface area contributed by atoms with Crippen LogP contribution >= 0.6 is 0 Å². The molecule has 0 spiro atoms. The molecule has 3 rings (SSSR count). The topological polar surface area (TPSA) is 113 Å². The first-order valence-corrected chi connectivity index (χ1v) is 10.1. The van der Waals surface area contributed by atoms with Gasteiger partial charge in [-0.3, -0.25) is 4.79 Å². The maximum Gasteiger partial charge on any atom is 0.335 e. The normalized spacial score (nSPS) is 15.2. The minimum Gasteiger partial charge on any atom is -0.478 e. The van der Waals surface area contributed by atoms with E-state index in [0.29, 0.717) is 24.5 Å². The summed E-state index contributed by atoms with van der Waals surface area (Å²) in [5.74, 6) is -1.53. The molecule has 1 amide bonds. The van der Waals surface area contributed by atoms with Crippen LogP contribution in [0.25, 0.3) is 0 Å². The number of anilines is 1. The minimum absolute atomic E-state index is 0.0476.